The van der Waals surface area contributed by atoms with E-state index in [0.29, 0.717) is 12.3 Å². The fourth-order valence-corrected chi connectivity index (χ4v) is 3.40. The first-order valence-corrected chi connectivity index (χ1v) is 10.2. The third kappa shape index (κ3) is 4.43. The smallest absolute Gasteiger partial charge is 0.294 e. The minimum atomic E-state index is -0.538. The van der Waals surface area contributed by atoms with E-state index in [0.717, 1.165) is 22.6 Å². The van der Waals surface area contributed by atoms with Crippen molar-refractivity contribution in [2.75, 3.05) is 12.3 Å². The Hall–Kier alpha value is -4.06. The highest BCUT2D eigenvalue weighted by molar-refractivity contribution is 7.13. The summed E-state index contributed by atoms with van der Waals surface area (Å²) in [6.07, 6.45) is 2.46. The summed E-state index contributed by atoms with van der Waals surface area (Å²) in [6, 6.07) is 11.0. The number of ether oxygens (including phenoxy) is 1. The maximum absolute atomic E-state index is 12.7. The molecule has 1 amide bonds. The number of hydrogen-bond donors (Lipinski definition) is 2. The second kappa shape index (κ2) is 9.17. The molecule has 0 atom stereocenters. The van der Waals surface area contributed by atoms with Gasteiger partial charge in [0.2, 0.25) is 11.6 Å². The number of nitrogens with zero attached hydrogens (tertiary/aromatic N) is 6. The molecule has 0 saturated carbocycles. The highest BCUT2D eigenvalue weighted by Gasteiger charge is 2.25. The molecule has 0 aliphatic rings. The molecule has 11 nitrogen and oxygen atoms in total. The van der Waals surface area contributed by atoms with Crippen molar-refractivity contribution in [3.05, 3.63) is 53.0 Å². The van der Waals surface area contributed by atoms with Crippen molar-refractivity contribution < 1.29 is 14.2 Å². The summed E-state index contributed by atoms with van der Waals surface area (Å²) in [5.74, 6) is 0.411. The number of aromatic nitrogens is 5. The lowest BCUT2D eigenvalue weighted by molar-refractivity contribution is 0.0951. The maximum Gasteiger partial charge on any atom is 0.294 e. The van der Waals surface area contributed by atoms with E-state index in [2.05, 4.69) is 35.8 Å². The van der Waals surface area contributed by atoms with Gasteiger partial charge in [-0.15, -0.1) is 16.4 Å². The zero-order chi connectivity index (χ0) is 21.6. The van der Waals surface area contributed by atoms with Gasteiger partial charge in [-0.2, -0.15) is 9.78 Å². The van der Waals surface area contributed by atoms with E-state index in [1.807, 2.05) is 48.7 Å². The van der Waals surface area contributed by atoms with Crippen LogP contribution in [-0.2, 0) is 0 Å². The van der Waals surface area contributed by atoms with Crippen LogP contribution in [0.25, 0.3) is 16.4 Å². The van der Waals surface area contributed by atoms with Crippen LogP contribution in [0, 0.1) is 0 Å². The van der Waals surface area contributed by atoms with E-state index in [-0.39, 0.29) is 17.3 Å². The van der Waals surface area contributed by atoms with Crippen LogP contribution in [0.2, 0.25) is 0 Å². The number of thiophene rings is 1. The Morgan fingerprint density at radius 3 is 2.84 bits per heavy atom. The van der Waals surface area contributed by atoms with Crippen LogP contribution < -0.4 is 15.9 Å². The Balaban J connectivity index is 1.53. The molecule has 0 aliphatic carbocycles. The summed E-state index contributed by atoms with van der Waals surface area (Å²) >= 11 is 1.41. The van der Waals surface area contributed by atoms with Crippen LogP contribution in [0.15, 0.2) is 51.5 Å². The van der Waals surface area contributed by atoms with Gasteiger partial charge in [-0.25, -0.2) is 10.1 Å². The predicted molar refractivity (Wildman–Crippen MR) is 114 cm³/mol. The minimum absolute atomic E-state index is 0.0269. The third-order valence-electron chi connectivity index (χ3n) is 4.07. The number of hydrazone groups is 1. The summed E-state index contributed by atoms with van der Waals surface area (Å²) in [7, 11) is 0. The molecule has 0 saturated heterocycles. The van der Waals surface area contributed by atoms with Crippen LogP contribution in [-0.4, -0.2) is 44.0 Å². The van der Waals surface area contributed by atoms with Crippen molar-refractivity contribution in [3.63, 3.8) is 0 Å². The largest absolute Gasteiger partial charge is 0.494 e. The van der Waals surface area contributed by atoms with Gasteiger partial charge in [-0.05, 0) is 58.0 Å². The van der Waals surface area contributed by atoms with Gasteiger partial charge in [0.05, 0.1) is 17.7 Å². The molecule has 3 heterocycles. The van der Waals surface area contributed by atoms with Crippen LogP contribution in [0.1, 0.15) is 29.4 Å². The average molecular weight is 438 g/mol. The van der Waals surface area contributed by atoms with Crippen LogP contribution in [0.5, 0.6) is 5.75 Å². The zero-order valence-corrected chi connectivity index (χ0v) is 17.2. The number of carbonyl (C=O) groups excluding carboxylic acids is 1. The van der Waals surface area contributed by atoms with Gasteiger partial charge in [0.25, 0.3) is 5.91 Å². The van der Waals surface area contributed by atoms with Gasteiger partial charge < -0.3 is 10.5 Å². The van der Waals surface area contributed by atoms with Gasteiger partial charge in [0, 0.05) is 0 Å². The normalized spacial score (nSPS) is 11.1. The molecule has 1 aromatic carbocycles. The number of carbonyl (C=O) groups is 1. The predicted octanol–water partition coefficient (Wildman–Crippen LogP) is 2.51. The molecule has 0 unspecified atom stereocenters. The number of nitrogen functional groups attached to an aromatic ring is 1. The van der Waals surface area contributed by atoms with Crippen molar-refractivity contribution in [1.82, 2.24) is 30.7 Å². The molecule has 4 aromatic rings. The van der Waals surface area contributed by atoms with E-state index in [9.17, 15) is 4.79 Å². The highest BCUT2D eigenvalue weighted by Crippen LogP contribution is 2.29. The number of nitrogens with one attached hydrogen (secondary N) is 1. The Kier molecular flexibility index (Phi) is 5.98. The summed E-state index contributed by atoms with van der Waals surface area (Å²) in [6.45, 7) is 2.70. The molecule has 0 aliphatic heterocycles. The van der Waals surface area contributed by atoms with Gasteiger partial charge >= 0.3 is 0 Å². The van der Waals surface area contributed by atoms with Gasteiger partial charge in [0.15, 0.2) is 5.69 Å². The molecule has 31 heavy (non-hydrogen) atoms. The van der Waals surface area contributed by atoms with Crippen molar-refractivity contribution in [2.24, 2.45) is 5.10 Å². The first kappa shape index (κ1) is 20.2. The molecule has 3 N–H and O–H groups in total. The van der Waals surface area contributed by atoms with Crippen LogP contribution in [0.4, 0.5) is 5.82 Å². The summed E-state index contributed by atoms with van der Waals surface area (Å²) in [5.41, 5.74) is 9.51. The fraction of sp³-hybridized carbons (Fsp3) is 0.158. The molecule has 12 heteroatoms. The SMILES string of the molecule is CCCOc1ccc(C=NNC(=O)c2nnn(-c3nonc3N)c2-c2cccs2)cc1. The summed E-state index contributed by atoms with van der Waals surface area (Å²) in [5, 5.41) is 21.2. The van der Waals surface area contributed by atoms with Crippen molar-refractivity contribution in [3.8, 4) is 22.1 Å². The zero-order valence-electron chi connectivity index (χ0n) is 16.4. The monoisotopic (exact) mass is 438 g/mol. The molecule has 0 bridgehead atoms. The maximum atomic E-state index is 12.7. The first-order chi connectivity index (χ1) is 15.2. The lowest BCUT2D eigenvalue weighted by atomic mass is 10.2. The molecule has 4 rings (SSSR count). The van der Waals surface area contributed by atoms with E-state index in [1.165, 1.54) is 22.2 Å². The number of benzene rings is 1. The molecule has 0 spiro atoms. The van der Waals surface area contributed by atoms with Gasteiger partial charge in [0.1, 0.15) is 11.4 Å². The number of anilines is 1. The molecule has 158 valence electrons. The van der Waals surface area contributed by atoms with E-state index < -0.39 is 5.91 Å². The molecular formula is C19H18N8O3S. The number of rotatable bonds is 8. The first-order valence-electron chi connectivity index (χ1n) is 9.31. The van der Waals surface area contributed by atoms with E-state index in [1.54, 1.807) is 0 Å². The fourth-order valence-electron chi connectivity index (χ4n) is 2.64. The topological polar surface area (TPSA) is 146 Å². The molecular weight excluding hydrogens is 420 g/mol. The number of amides is 1. The van der Waals surface area contributed by atoms with Crippen LogP contribution >= 0.6 is 11.3 Å². The summed E-state index contributed by atoms with van der Waals surface area (Å²) in [4.78, 5) is 13.5. The van der Waals surface area contributed by atoms with Crippen molar-refractivity contribution >= 4 is 29.3 Å². The van der Waals surface area contributed by atoms with Gasteiger partial charge in [-0.1, -0.05) is 18.2 Å². The highest BCUT2D eigenvalue weighted by atomic mass is 32.1. The van der Waals surface area contributed by atoms with E-state index in [4.69, 9.17) is 10.5 Å². The number of nitrogens with two attached hydrogens (primary N) is 1. The second-order valence-corrected chi connectivity index (χ2v) is 7.21. The standard InChI is InChI=1S/C19H18N8O3S/c1-2-9-29-13-7-5-12(6-8-13)11-21-23-19(28)15-16(14-4-3-10-31-14)27(26-22-15)18-17(20)24-30-25-18/h3-8,10-11H,2,9H2,1H3,(H2,20,24)(H,23,28). The lowest BCUT2D eigenvalue weighted by Gasteiger charge is -2.04. The number of hydrogen-bond acceptors (Lipinski definition) is 10. The Morgan fingerprint density at radius 1 is 1.32 bits per heavy atom. The Labute approximate surface area is 180 Å². The third-order valence-corrected chi connectivity index (χ3v) is 4.95. The van der Waals surface area contributed by atoms with Crippen molar-refractivity contribution in [1.29, 1.82) is 0 Å². The summed E-state index contributed by atoms with van der Waals surface area (Å²) < 4.78 is 11.5. The Morgan fingerprint density at radius 2 is 2.16 bits per heavy atom. The molecule has 0 fully saturated rings. The van der Waals surface area contributed by atoms with Crippen molar-refractivity contribution in [2.45, 2.75) is 13.3 Å². The molecule has 0 radical (unpaired) electrons. The quantitative estimate of drug-likeness (QED) is 0.315. The second-order valence-electron chi connectivity index (χ2n) is 6.27. The minimum Gasteiger partial charge on any atom is -0.494 e. The van der Waals surface area contributed by atoms with Gasteiger partial charge in [-0.3, -0.25) is 4.79 Å². The lowest BCUT2D eigenvalue weighted by Crippen LogP contribution is -2.19. The average Bonchev–Trinajstić information content (AvgIpc) is 3.53. The van der Waals surface area contributed by atoms with Crippen LogP contribution in [0.3, 0.4) is 0 Å². The van der Waals surface area contributed by atoms with E-state index >= 15 is 0 Å². The molecule has 3 aromatic heterocycles. The Bertz CT molecular complexity index is 1180.